The molecule has 116 valence electrons. The molecule has 1 aromatic carbocycles. The Morgan fingerprint density at radius 3 is 2.71 bits per heavy atom. The molecule has 1 aromatic rings. The van der Waals surface area contributed by atoms with E-state index < -0.39 is 17.7 Å². The van der Waals surface area contributed by atoms with E-state index in [1.54, 1.807) is 0 Å². The van der Waals surface area contributed by atoms with Crippen molar-refractivity contribution in [3.8, 4) is 5.75 Å². The van der Waals surface area contributed by atoms with E-state index in [-0.39, 0.29) is 30.7 Å². The topological polar surface area (TPSA) is 58.6 Å². The SMILES string of the molecule is O=C(NCC(O)COc1ccc(F)c(F)c1)C1CCCC1. The molecule has 2 N–H and O–H groups in total. The summed E-state index contributed by atoms with van der Waals surface area (Å²) < 4.78 is 30.8. The van der Waals surface area contributed by atoms with E-state index in [0.717, 1.165) is 37.8 Å². The molecule has 4 nitrogen and oxygen atoms in total. The largest absolute Gasteiger partial charge is 0.491 e. The van der Waals surface area contributed by atoms with Crippen LogP contribution in [0.25, 0.3) is 0 Å². The van der Waals surface area contributed by atoms with Crippen LogP contribution in [0.5, 0.6) is 5.75 Å². The maximum atomic E-state index is 13.0. The summed E-state index contributed by atoms with van der Waals surface area (Å²) in [7, 11) is 0. The van der Waals surface area contributed by atoms with E-state index in [4.69, 9.17) is 4.74 Å². The lowest BCUT2D eigenvalue weighted by Crippen LogP contribution is -2.37. The van der Waals surface area contributed by atoms with Crippen LogP contribution in [-0.4, -0.2) is 30.3 Å². The van der Waals surface area contributed by atoms with Crippen molar-refractivity contribution in [1.29, 1.82) is 0 Å². The first-order valence-electron chi connectivity index (χ1n) is 7.10. The third kappa shape index (κ3) is 4.67. The normalized spacial score (nSPS) is 16.7. The quantitative estimate of drug-likeness (QED) is 0.845. The zero-order valence-electron chi connectivity index (χ0n) is 11.6. The fraction of sp³-hybridized carbons (Fsp3) is 0.533. The molecule has 1 unspecified atom stereocenters. The summed E-state index contributed by atoms with van der Waals surface area (Å²) in [6.45, 7) is -0.0188. The molecule has 0 saturated heterocycles. The molecule has 1 amide bonds. The molecular weight excluding hydrogens is 280 g/mol. The molecule has 1 atom stereocenters. The first-order valence-corrected chi connectivity index (χ1v) is 7.10. The number of hydrogen-bond acceptors (Lipinski definition) is 3. The van der Waals surface area contributed by atoms with E-state index in [2.05, 4.69) is 5.32 Å². The summed E-state index contributed by atoms with van der Waals surface area (Å²) in [6, 6.07) is 3.15. The number of benzene rings is 1. The van der Waals surface area contributed by atoms with Crippen molar-refractivity contribution in [2.24, 2.45) is 5.92 Å². The molecule has 1 saturated carbocycles. The molecule has 6 heteroatoms. The van der Waals surface area contributed by atoms with Gasteiger partial charge in [0.15, 0.2) is 11.6 Å². The lowest BCUT2D eigenvalue weighted by Gasteiger charge is -2.15. The molecule has 0 aliphatic heterocycles. The maximum absolute atomic E-state index is 13.0. The van der Waals surface area contributed by atoms with Gasteiger partial charge in [0.2, 0.25) is 5.91 Å². The predicted molar refractivity (Wildman–Crippen MR) is 72.8 cm³/mol. The van der Waals surface area contributed by atoms with Gasteiger partial charge in [0.05, 0.1) is 0 Å². The Labute approximate surface area is 122 Å². The van der Waals surface area contributed by atoms with Crippen molar-refractivity contribution in [1.82, 2.24) is 5.32 Å². The number of halogens is 2. The number of ether oxygens (including phenoxy) is 1. The van der Waals surface area contributed by atoms with Crippen molar-refractivity contribution < 1.29 is 23.4 Å². The lowest BCUT2D eigenvalue weighted by atomic mass is 10.1. The van der Waals surface area contributed by atoms with Crippen LogP contribution >= 0.6 is 0 Å². The summed E-state index contributed by atoms with van der Waals surface area (Å²) >= 11 is 0. The van der Waals surface area contributed by atoms with Gasteiger partial charge in [-0.15, -0.1) is 0 Å². The Hall–Kier alpha value is -1.69. The first kappa shape index (κ1) is 15.7. The van der Waals surface area contributed by atoms with Gasteiger partial charge in [0.1, 0.15) is 18.5 Å². The maximum Gasteiger partial charge on any atom is 0.223 e. The van der Waals surface area contributed by atoms with Crippen LogP contribution < -0.4 is 10.1 Å². The Balaban J connectivity index is 1.70. The molecule has 0 aromatic heterocycles. The van der Waals surface area contributed by atoms with Gasteiger partial charge in [0.25, 0.3) is 0 Å². The summed E-state index contributed by atoms with van der Waals surface area (Å²) in [5.41, 5.74) is 0. The third-order valence-electron chi connectivity index (χ3n) is 3.57. The van der Waals surface area contributed by atoms with Gasteiger partial charge in [-0.25, -0.2) is 8.78 Å². The Morgan fingerprint density at radius 2 is 2.05 bits per heavy atom. The van der Waals surface area contributed by atoms with E-state index in [0.29, 0.717) is 0 Å². The summed E-state index contributed by atoms with van der Waals surface area (Å²) in [6.07, 6.45) is 3.03. The van der Waals surface area contributed by atoms with Gasteiger partial charge in [0, 0.05) is 18.5 Å². The van der Waals surface area contributed by atoms with Crippen LogP contribution in [0.2, 0.25) is 0 Å². The molecule has 1 fully saturated rings. The fourth-order valence-corrected chi connectivity index (χ4v) is 2.37. The number of carbonyl (C=O) groups is 1. The molecule has 0 spiro atoms. The van der Waals surface area contributed by atoms with Gasteiger partial charge < -0.3 is 15.2 Å². The van der Waals surface area contributed by atoms with Crippen LogP contribution in [-0.2, 0) is 4.79 Å². The highest BCUT2D eigenvalue weighted by atomic mass is 19.2. The number of amides is 1. The van der Waals surface area contributed by atoms with Gasteiger partial charge in [-0.05, 0) is 25.0 Å². The van der Waals surface area contributed by atoms with Crippen molar-refractivity contribution in [3.63, 3.8) is 0 Å². The summed E-state index contributed by atoms with van der Waals surface area (Å²) in [5.74, 6) is -1.82. The van der Waals surface area contributed by atoms with E-state index in [9.17, 15) is 18.7 Å². The molecule has 0 heterocycles. The number of aliphatic hydroxyl groups is 1. The minimum absolute atomic E-state index is 0.0422. The average molecular weight is 299 g/mol. The highest BCUT2D eigenvalue weighted by molar-refractivity contribution is 5.78. The van der Waals surface area contributed by atoms with Gasteiger partial charge in [-0.2, -0.15) is 0 Å². The second-order valence-electron chi connectivity index (χ2n) is 5.27. The molecule has 0 bridgehead atoms. The number of rotatable bonds is 6. The molecule has 1 aliphatic rings. The summed E-state index contributed by atoms with van der Waals surface area (Å²) in [5, 5.41) is 12.4. The average Bonchev–Trinajstić information content (AvgIpc) is 3.00. The number of carbonyl (C=O) groups excluding carboxylic acids is 1. The number of nitrogens with one attached hydrogen (secondary N) is 1. The highest BCUT2D eigenvalue weighted by Gasteiger charge is 2.22. The minimum Gasteiger partial charge on any atom is -0.491 e. The van der Waals surface area contributed by atoms with Gasteiger partial charge >= 0.3 is 0 Å². The Morgan fingerprint density at radius 1 is 1.33 bits per heavy atom. The van der Waals surface area contributed by atoms with E-state index >= 15 is 0 Å². The predicted octanol–water partition coefficient (Wildman–Crippen LogP) is 2.01. The van der Waals surface area contributed by atoms with Crippen LogP contribution in [0.1, 0.15) is 25.7 Å². The third-order valence-corrected chi connectivity index (χ3v) is 3.57. The minimum atomic E-state index is -1.00. The Bertz CT molecular complexity index is 490. The fourth-order valence-electron chi connectivity index (χ4n) is 2.37. The second-order valence-corrected chi connectivity index (χ2v) is 5.27. The molecule has 1 aliphatic carbocycles. The molecule has 2 rings (SSSR count). The smallest absolute Gasteiger partial charge is 0.223 e. The van der Waals surface area contributed by atoms with Crippen LogP contribution in [0.15, 0.2) is 18.2 Å². The van der Waals surface area contributed by atoms with Crippen LogP contribution in [0, 0.1) is 17.6 Å². The molecule has 0 radical (unpaired) electrons. The monoisotopic (exact) mass is 299 g/mol. The van der Waals surface area contributed by atoms with Crippen LogP contribution in [0.4, 0.5) is 8.78 Å². The number of hydrogen-bond donors (Lipinski definition) is 2. The zero-order chi connectivity index (χ0) is 15.2. The highest BCUT2D eigenvalue weighted by Crippen LogP contribution is 2.24. The van der Waals surface area contributed by atoms with Crippen LogP contribution in [0.3, 0.4) is 0 Å². The first-order chi connectivity index (χ1) is 10.1. The number of aliphatic hydroxyl groups excluding tert-OH is 1. The molecule has 21 heavy (non-hydrogen) atoms. The second kappa shape index (κ2) is 7.36. The van der Waals surface area contributed by atoms with Crippen molar-refractivity contribution in [3.05, 3.63) is 29.8 Å². The summed E-state index contributed by atoms with van der Waals surface area (Å²) in [4.78, 5) is 11.8. The van der Waals surface area contributed by atoms with Gasteiger partial charge in [-0.3, -0.25) is 4.79 Å². The Kier molecular flexibility index (Phi) is 5.50. The standard InChI is InChI=1S/C15H19F2NO3/c16-13-6-5-12(7-14(13)17)21-9-11(19)8-18-15(20)10-3-1-2-4-10/h5-7,10-11,19H,1-4,8-9H2,(H,18,20). The van der Waals surface area contributed by atoms with Crippen molar-refractivity contribution >= 4 is 5.91 Å². The van der Waals surface area contributed by atoms with Gasteiger partial charge in [-0.1, -0.05) is 12.8 Å². The van der Waals surface area contributed by atoms with E-state index in [1.807, 2.05) is 0 Å². The zero-order valence-corrected chi connectivity index (χ0v) is 11.6. The lowest BCUT2D eigenvalue weighted by molar-refractivity contribution is -0.125. The van der Waals surface area contributed by atoms with E-state index in [1.165, 1.54) is 6.07 Å². The molecular formula is C15H19F2NO3. The van der Waals surface area contributed by atoms with Crippen molar-refractivity contribution in [2.45, 2.75) is 31.8 Å². The van der Waals surface area contributed by atoms with Crippen molar-refractivity contribution in [2.75, 3.05) is 13.2 Å².